The summed E-state index contributed by atoms with van der Waals surface area (Å²) in [6.07, 6.45) is 3.36. The summed E-state index contributed by atoms with van der Waals surface area (Å²) in [7, 11) is 0. The lowest BCUT2D eigenvalue weighted by Gasteiger charge is -2.15. The first-order valence-electron chi connectivity index (χ1n) is 6.92. The van der Waals surface area contributed by atoms with Crippen LogP contribution in [0, 0.1) is 11.6 Å². The molecule has 0 aliphatic carbocycles. The quantitative estimate of drug-likeness (QED) is 0.892. The molecule has 0 saturated heterocycles. The van der Waals surface area contributed by atoms with Crippen molar-refractivity contribution < 1.29 is 13.6 Å². The molecule has 0 fully saturated rings. The zero-order valence-electron chi connectivity index (χ0n) is 12.1. The van der Waals surface area contributed by atoms with E-state index >= 15 is 0 Å². The van der Waals surface area contributed by atoms with Crippen molar-refractivity contribution in [3.05, 3.63) is 65.5 Å². The molecule has 2 N–H and O–H groups in total. The van der Waals surface area contributed by atoms with Crippen LogP contribution in [0.25, 0.3) is 0 Å². The lowest BCUT2D eigenvalue weighted by molar-refractivity contribution is 0.237. The van der Waals surface area contributed by atoms with E-state index in [4.69, 9.17) is 0 Å². The highest BCUT2D eigenvalue weighted by Gasteiger charge is 2.14. The number of pyridine rings is 1. The standard InChI is InChI=1S/C16H17F2N3O/c1-11(9-13-14(17)3-2-4-15(13)18)21-16(22)20-10-12-5-7-19-8-6-12/h2-8,11H,9-10H2,1H3,(H2,20,21,22). The van der Waals surface area contributed by atoms with E-state index in [1.807, 2.05) is 0 Å². The molecule has 1 unspecified atom stereocenters. The van der Waals surface area contributed by atoms with Crippen LogP contribution in [0.3, 0.4) is 0 Å². The number of carbonyl (C=O) groups is 1. The molecule has 4 nitrogen and oxygen atoms in total. The van der Waals surface area contributed by atoms with Gasteiger partial charge in [-0.15, -0.1) is 0 Å². The molecule has 1 heterocycles. The fourth-order valence-corrected chi connectivity index (χ4v) is 2.04. The Hall–Kier alpha value is -2.50. The van der Waals surface area contributed by atoms with Crippen LogP contribution in [0.2, 0.25) is 0 Å². The monoisotopic (exact) mass is 305 g/mol. The molecule has 0 spiro atoms. The predicted molar refractivity (Wildman–Crippen MR) is 79.1 cm³/mol. The molecule has 2 amide bonds. The van der Waals surface area contributed by atoms with Gasteiger partial charge < -0.3 is 10.6 Å². The van der Waals surface area contributed by atoms with E-state index in [1.165, 1.54) is 18.2 Å². The second-order valence-electron chi connectivity index (χ2n) is 4.99. The highest BCUT2D eigenvalue weighted by atomic mass is 19.1. The van der Waals surface area contributed by atoms with Crippen molar-refractivity contribution in [2.75, 3.05) is 0 Å². The fraction of sp³-hybridized carbons (Fsp3) is 0.250. The van der Waals surface area contributed by atoms with Gasteiger partial charge in [-0.3, -0.25) is 4.98 Å². The minimum absolute atomic E-state index is 0.0237. The number of nitrogens with zero attached hydrogens (tertiary/aromatic N) is 1. The molecule has 0 aliphatic heterocycles. The third-order valence-electron chi connectivity index (χ3n) is 3.15. The van der Waals surface area contributed by atoms with Gasteiger partial charge in [-0.25, -0.2) is 13.6 Å². The van der Waals surface area contributed by atoms with E-state index in [9.17, 15) is 13.6 Å². The Morgan fingerprint density at radius 1 is 1.18 bits per heavy atom. The van der Waals surface area contributed by atoms with Crippen molar-refractivity contribution in [1.29, 1.82) is 0 Å². The zero-order chi connectivity index (χ0) is 15.9. The Balaban J connectivity index is 1.84. The number of nitrogens with one attached hydrogen (secondary N) is 2. The number of carbonyl (C=O) groups excluding carboxylic acids is 1. The van der Waals surface area contributed by atoms with E-state index in [0.717, 1.165) is 5.56 Å². The summed E-state index contributed by atoms with van der Waals surface area (Å²) in [6.45, 7) is 2.05. The average Bonchev–Trinajstić information content (AvgIpc) is 2.50. The molecule has 1 aromatic carbocycles. The molecular weight excluding hydrogens is 288 g/mol. The molecule has 0 radical (unpaired) electrons. The van der Waals surface area contributed by atoms with E-state index in [2.05, 4.69) is 15.6 Å². The normalized spacial score (nSPS) is 11.8. The van der Waals surface area contributed by atoms with Crippen LogP contribution < -0.4 is 10.6 Å². The Labute approximate surface area is 127 Å². The molecule has 116 valence electrons. The highest BCUT2D eigenvalue weighted by molar-refractivity contribution is 5.74. The summed E-state index contributed by atoms with van der Waals surface area (Å²) in [5.41, 5.74) is 0.891. The van der Waals surface area contributed by atoms with E-state index < -0.39 is 17.7 Å². The van der Waals surface area contributed by atoms with Crippen molar-refractivity contribution in [1.82, 2.24) is 15.6 Å². The number of hydrogen-bond acceptors (Lipinski definition) is 2. The molecule has 1 atom stereocenters. The van der Waals surface area contributed by atoms with Crippen molar-refractivity contribution >= 4 is 6.03 Å². The van der Waals surface area contributed by atoms with Crippen LogP contribution in [0.5, 0.6) is 0 Å². The van der Waals surface area contributed by atoms with Gasteiger partial charge in [0, 0.05) is 30.5 Å². The van der Waals surface area contributed by atoms with Gasteiger partial charge in [0.2, 0.25) is 0 Å². The number of rotatable bonds is 5. The summed E-state index contributed by atoms with van der Waals surface area (Å²) in [5, 5.41) is 5.33. The largest absolute Gasteiger partial charge is 0.335 e. The lowest BCUT2D eigenvalue weighted by Crippen LogP contribution is -2.41. The lowest BCUT2D eigenvalue weighted by atomic mass is 10.1. The van der Waals surface area contributed by atoms with Gasteiger partial charge in [-0.1, -0.05) is 6.07 Å². The fourth-order valence-electron chi connectivity index (χ4n) is 2.04. The van der Waals surface area contributed by atoms with Crippen molar-refractivity contribution in [3.8, 4) is 0 Å². The van der Waals surface area contributed by atoms with Gasteiger partial charge in [0.15, 0.2) is 0 Å². The zero-order valence-corrected chi connectivity index (χ0v) is 12.1. The van der Waals surface area contributed by atoms with Crippen LogP contribution >= 0.6 is 0 Å². The topological polar surface area (TPSA) is 54.0 Å². The third-order valence-corrected chi connectivity index (χ3v) is 3.15. The Bertz CT molecular complexity index is 614. The number of urea groups is 1. The van der Waals surface area contributed by atoms with Crippen molar-refractivity contribution in [2.24, 2.45) is 0 Å². The van der Waals surface area contributed by atoms with Crippen LogP contribution in [0.4, 0.5) is 13.6 Å². The maximum atomic E-state index is 13.5. The molecule has 22 heavy (non-hydrogen) atoms. The van der Waals surface area contributed by atoms with E-state index in [-0.39, 0.29) is 18.0 Å². The highest BCUT2D eigenvalue weighted by Crippen LogP contribution is 2.14. The molecular formula is C16H17F2N3O. The molecule has 0 bridgehead atoms. The first-order chi connectivity index (χ1) is 10.6. The maximum absolute atomic E-state index is 13.5. The minimum atomic E-state index is -0.606. The first kappa shape index (κ1) is 15.9. The van der Waals surface area contributed by atoms with Crippen molar-refractivity contribution in [2.45, 2.75) is 25.9 Å². The number of aromatic nitrogens is 1. The molecule has 1 aromatic heterocycles. The summed E-state index contributed by atoms with van der Waals surface area (Å²) in [5.74, 6) is -1.21. The van der Waals surface area contributed by atoms with E-state index in [0.29, 0.717) is 6.54 Å². The van der Waals surface area contributed by atoms with Gasteiger partial charge in [-0.05, 0) is 43.2 Å². The van der Waals surface area contributed by atoms with Gasteiger partial charge in [0.25, 0.3) is 0 Å². The van der Waals surface area contributed by atoms with Gasteiger partial charge in [-0.2, -0.15) is 0 Å². The maximum Gasteiger partial charge on any atom is 0.315 e. The average molecular weight is 305 g/mol. The van der Waals surface area contributed by atoms with Crippen molar-refractivity contribution in [3.63, 3.8) is 0 Å². The third kappa shape index (κ3) is 4.51. The van der Waals surface area contributed by atoms with Crippen LogP contribution in [-0.2, 0) is 13.0 Å². The smallest absolute Gasteiger partial charge is 0.315 e. The Morgan fingerprint density at radius 2 is 1.82 bits per heavy atom. The predicted octanol–water partition coefficient (Wildman–Crippen LogP) is 2.79. The second-order valence-corrected chi connectivity index (χ2v) is 4.99. The van der Waals surface area contributed by atoms with Crippen LogP contribution in [-0.4, -0.2) is 17.1 Å². The number of halogens is 2. The SMILES string of the molecule is CC(Cc1c(F)cccc1F)NC(=O)NCc1ccncc1. The van der Waals surface area contributed by atoms with Crippen LogP contribution in [0.1, 0.15) is 18.1 Å². The number of benzene rings is 1. The summed E-state index contributed by atoms with van der Waals surface area (Å²) >= 11 is 0. The molecule has 6 heteroatoms. The van der Waals surface area contributed by atoms with Gasteiger partial charge in [0.1, 0.15) is 11.6 Å². The van der Waals surface area contributed by atoms with E-state index in [1.54, 1.807) is 31.5 Å². The summed E-state index contributed by atoms with van der Waals surface area (Å²) < 4.78 is 27.1. The summed E-state index contributed by atoms with van der Waals surface area (Å²) in [4.78, 5) is 15.6. The second kappa shape index (κ2) is 7.49. The summed E-state index contributed by atoms with van der Waals surface area (Å²) in [6, 6.07) is 6.51. The number of hydrogen-bond donors (Lipinski definition) is 2. The minimum Gasteiger partial charge on any atom is -0.335 e. The molecule has 0 saturated carbocycles. The molecule has 0 aliphatic rings. The first-order valence-corrected chi connectivity index (χ1v) is 6.92. The number of amides is 2. The van der Waals surface area contributed by atoms with Gasteiger partial charge >= 0.3 is 6.03 Å². The Kier molecular flexibility index (Phi) is 5.41. The molecule has 2 aromatic rings. The van der Waals surface area contributed by atoms with Gasteiger partial charge in [0.05, 0.1) is 0 Å². The Morgan fingerprint density at radius 3 is 2.45 bits per heavy atom. The molecule has 2 rings (SSSR count). The van der Waals surface area contributed by atoms with Crippen LogP contribution in [0.15, 0.2) is 42.7 Å².